The molecular formula is C22H22N2O5S. The van der Waals surface area contributed by atoms with Crippen molar-refractivity contribution in [3.05, 3.63) is 77.9 Å². The number of sulfonamides is 1. The van der Waals surface area contributed by atoms with Gasteiger partial charge < -0.3 is 14.8 Å². The average molecular weight is 426 g/mol. The van der Waals surface area contributed by atoms with E-state index in [1.165, 1.54) is 13.2 Å². The lowest BCUT2D eigenvalue weighted by atomic mass is 10.1. The smallest absolute Gasteiger partial charge is 0.262 e. The van der Waals surface area contributed by atoms with Gasteiger partial charge in [-0.2, -0.15) is 0 Å². The van der Waals surface area contributed by atoms with Gasteiger partial charge in [0.2, 0.25) is 0 Å². The van der Waals surface area contributed by atoms with Crippen LogP contribution in [0.1, 0.15) is 15.9 Å². The molecule has 7 nitrogen and oxygen atoms in total. The maximum absolute atomic E-state index is 12.9. The van der Waals surface area contributed by atoms with E-state index < -0.39 is 15.9 Å². The highest BCUT2D eigenvalue weighted by molar-refractivity contribution is 7.92. The van der Waals surface area contributed by atoms with E-state index in [-0.39, 0.29) is 10.5 Å². The summed E-state index contributed by atoms with van der Waals surface area (Å²) in [4.78, 5) is 12.6. The Bertz CT molecular complexity index is 1140. The monoisotopic (exact) mass is 426 g/mol. The van der Waals surface area contributed by atoms with Crippen molar-refractivity contribution in [2.24, 2.45) is 0 Å². The van der Waals surface area contributed by atoms with E-state index >= 15 is 0 Å². The van der Waals surface area contributed by atoms with Crippen LogP contribution >= 0.6 is 0 Å². The van der Waals surface area contributed by atoms with Gasteiger partial charge in [-0.05, 0) is 73.2 Å². The zero-order valence-electron chi connectivity index (χ0n) is 16.8. The summed E-state index contributed by atoms with van der Waals surface area (Å²) in [5.41, 5.74) is 1.72. The molecule has 0 atom stereocenters. The van der Waals surface area contributed by atoms with Crippen molar-refractivity contribution in [3.8, 4) is 11.5 Å². The summed E-state index contributed by atoms with van der Waals surface area (Å²) in [6, 6.07) is 17.9. The standard InChI is InChI=1S/C22H22N2O5S/c1-15-4-5-16(22(25)23-17-6-10-19(28-2)11-7-17)14-21(15)30(26,27)24-18-8-12-20(29-3)13-9-18/h4-14,24H,1-3H3,(H,23,25). The molecule has 8 heteroatoms. The van der Waals surface area contributed by atoms with E-state index in [1.54, 1.807) is 74.7 Å². The van der Waals surface area contributed by atoms with Crippen molar-refractivity contribution < 1.29 is 22.7 Å². The SMILES string of the molecule is COc1ccc(NC(=O)c2ccc(C)c(S(=O)(=O)Nc3ccc(OC)cc3)c2)cc1. The van der Waals surface area contributed by atoms with Gasteiger partial charge in [-0.15, -0.1) is 0 Å². The number of carbonyl (C=O) groups is 1. The topological polar surface area (TPSA) is 93.7 Å². The van der Waals surface area contributed by atoms with Crippen LogP contribution in [0.15, 0.2) is 71.6 Å². The lowest BCUT2D eigenvalue weighted by Crippen LogP contribution is -2.17. The predicted molar refractivity (Wildman–Crippen MR) is 116 cm³/mol. The fourth-order valence-corrected chi connectivity index (χ4v) is 4.11. The summed E-state index contributed by atoms with van der Waals surface area (Å²) in [6.07, 6.45) is 0. The van der Waals surface area contributed by atoms with Crippen LogP contribution in [0.25, 0.3) is 0 Å². The van der Waals surface area contributed by atoms with E-state index in [2.05, 4.69) is 10.0 Å². The number of methoxy groups -OCH3 is 2. The van der Waals surface area contributed by atoms with Crippen molar-refractivity contribution in [2.45, 2.75) is 11.8 Å². The molecule has 0 radical (unpaired) electrons. The molecule has 0 bridgehead atoms. The Balaban J connectivity index is 1.82. The molecule has 0 aliphatic heterocycles. The van der Waals surface area contributed by atoms with Crippen LogP contribution in [-0.4, -0.2) is 28.5 Å². The Hall–Kier alpha value is -3.52. The van der Waals surface area contributed by atoms with Crippen molar-refractivity contribution in [1.82, 2.24) is 0 Å². The minimum absolute atomic E-state index is 0.0284. The molecular weight excluding hydrogens is 404 g/mol. The van der Waals surface area contributed by atoms with Crippen molar-refractivity contribution >= 4 is 27.3 Å². The van der Waals surface area contributed by atoms with Crippen LogP contribution in [0.3, 0.4) is 0 Å². The van der Waals surface area contributed by atoms with Crippen LogP contribution in [-0.2, 0) is 10.0 Å². The zero-order chi connectivity index (χ0) is 21.7. The molecule has 0 saturated carbocycles. The van der Waals surface area contributed by atoms with Crippen molar-refractivity contribution in [2.75, 3.05) is 24.3 Å². The molecule has 3 aromatic carbocycles. The van der Waals surface area contributed by atoms with Crippen LogP contribution in [0, 0.1) is 6.92 Å². The highest BCUT2D eigenvalue weighted by Crippen LogP contribution is 2.23. The van der Waals surface area contributed by atoms with Crippen LogP contribution in [0.2, 0.25) is 0 Å². The summed E-state index contributed by atoms with van der Waals surface area (Å²) in [7, 11) is -0.799. The number of amides is 1. The second kappa shape index (κ2) is 8.87. The van der Waals surface area contributed by atoms with Gasteiger partial charge >= 0.3 is 0 Å². The lowest BCUT2D eigenvalue weighted by molar-refractivity contribution is 0.102. The summed E-state index contributed by atoms with van der Waals surface area (Å²) in [5.74, 6) is 0.869. The molecule has 0 unspecified atom stereocenters. The zero-order valence-corrected chi connectivity index (χ0v) is 17.6. The third kappa shape index (κ3) is 4.90. The first-order valence-corrected chi connectivity index (χ1v) is 10.5. The summed E-state index contributed by atoms with van der Waals surface area (Å²) in [5, 5.41) is 2.75. The molecule has 0 aliphatic carbocycles. The number of ether oxygens (including phenoxy) is 2. The minimum atomic E-state index is -3.89. The molecule has 3 aromatic rings. The minimum Gasteiger partial charge on any atom is -0.497 e. The van der Waals surface area contributed by atoms with Gasteiger partial charge in [0.15, 0.2) is 0 Å². The molecule has 1 amide bonds. The molecule has 30 heavy (non-hydrogen) atoms. The fraction of sp³-hybridized carbons (Fsp3) is 0.136. The normalized spacial score (nSPS) is 10.9. The van der Waals surface area contributed by atoms with Gasteiger partial charge in [-0.25, -0.2) is 8.42 Å². The number of nitrogens with one attached hydrogen (secondary N) is 2. The first kappa shape index (κ1) is 21.2. The van der Waals surface area contributed by atoms with Crippen LogP contribution < -0.4 is 19.5 Å². The highest BCUT2D eigenvalue weighted by atomic mass is 32.2. The van der Waals surface area contributed by atoms with Gasteiger partial charge in [0.05, 0.1) is 19.1 Å². The Morgan fingerprint density at radius 3 is 1.87 bits per heavy atom. The first-order chi connectivity index (χ1) is 14.3. The first-order valence-electron chi connectivity index (χ1n) is 9.05. The number of carbonyl (C=O) groups excluding carboxylic acids is 1. The highest BCUT2D eigenvalue weighted by Gasteiger charge is 2.19. The summed E-state index contributed by atoms with van der Waals surface area (Å²) < 4.78 is 38.5. The molecule has 0 aliphatic rings. The number of aryl methyl sites for hydroxylation is 1. The number of hydrogen-bond acceptors (Lipinski definition) is 5. The Labute approximate surface area is 175 Å². The maximum Gasteiger partial charge on any atom is 0.262 e. The average Bonchev–Trinajstić information content (AvgIpc) is 2.74. The molecule has 0 spiro atoms. The van der Waals surface area contributed by atoms with Crippen LogP contribution in [0.4, 0.5) is 11.4 Å². The van der Waals surface area contributed by atoms with Gasteiger partial charge in [0, 0.05) is 16.9 Å². The Kier molecular flexibility index (Phi) is 6.27. The molecule has 0 aromatic heterocycles. The molecule has 2 N–H and O–H groups in total. The largest absolute Gasteiger partial charge is 0.497 e. The second-order valence-corrected chi connectivity index (χ2v) is 8.15. The van der Waals surface area contributed by atoms with Gasteiger partial charge in [-0.1, -0.05) is 6.07 Å². The number of hydrogen-bond donors (Lipinski definition) is 2. The number of anilines is 2. The van der Waals surface area contributed by atoms with Gasteiger partial charge in [-0.3, -0.25) is 9.52 Å². The molecule has 3 rings (SSSR count). The molecule has 0 fully saturated rings. The second-order valence-electron chi connectivity index (χ2n) is 6.50. The molecule has 0 saturated heterocycles. The lowest BCUT2D eigenvalue weighted by Gasteiger charge is -2.13. The summed E-state index contributed by atoms with van der Waals surface area (Å²) >= 11 is 0. The van der Waals surface area contributed by atoms with E-state index in [0.29, 0.717) is 28.4 Å². The van der Waals surface area contributed by atoms with E-state index in [9.17, 15) is 13.2 Å². The third-order valence-corrected chi connectivity index (χ3v) is 5.95. The molecule has 0 heterocycles. The Morgan fingerprint density at radius 1 is 0.800 bits per heavy atom. The van der Waals surface area contributed by atoms with E-state index in [0.717, 1.165) is 0 Å². The summed E-state index contributed by atoms with van der Waals surface area (Å²) in [6.45, 7) is 1.67. The number of rotatable bonds is 7. The third-order valence-electron chi connectivity index (χ3n) is 4.43. The van der Waals surface area contributed by atoms with Crippen LogP contribution in [0.5, 0.6) is 11.5 Å². The van der Waals surface area contributed by atoms with E-state index in [4.69, 9.17) is 9.47 Å². The molecule has 156 valence electrons. The van der Waals surface area contributed by atoms with Gasteiger partial charge in [0.25, 0.3) is 15.9 Å². The maximum atomic E-state index is 12.9. The number of benzene rings is 3. The quantitative estimate of drug-likeness (QED) is 0.594. The predicted octanol–water partition coefficient (Wildman–Crippen LogP) is 4.07. The van der Waals surface area contributed by atoms with Crippen molar-refractivity contribution in [1.29, 1.82) is 0 Å². The van der Waals surface area contributed by atoms with Gasteiger partial charge in [0.1, 0.15) is 11.5 Å². The fourth-order valence-electron chi connectivity index (χ4n) is 2.78. The van der Waals surface area contributed by atoms with E-state index in [1.807, 2.05) is 0 Å². The Morgan fingerprint density at radius 2 is 1.33 bits per heavy atom. The van der Waals surface area contributed by atoms with Crippen molar-refractivity contribution in [3.63, 3.8) is 0 Å².